The van der Waals surface area contributed by atoms with Gasteiger partial charge in [0.1, 0.15) is 0 Å². The van der Waals surface area contributed by atoms with Crippen LogP contribution in [-0.4, -0.2) is 13.9 Å². The lowest BCUT2D eigenvalue weighted by Crippen LogP contribution is -2.28. The molecule has 2 aromatic rings. The molecule has 0 spiro atoms. The molecular formula is C11H6ClF3O3S. The molecule has 0 bridgehead atoms. The third-order valence-electron chi connectivity index (χ3n) is 2.29. The van der Waals surface area contributed by atoms with Crippen LogP contribution in [0.2, 0.25) is 5.02 Å². The van der Waals surface area contributed by atoms with Crippen LogP contribution in [0.3, 0.4) is 0 Å². The number of hydrogen-bond donors (Lipinski definition) is 0. The average molecular weight is 311 g/mol. The lowest BCUT2D eigenvalue weighted by molar-refractivity contribution is -0.0499. The summed E-state index contributed by atoms with van der Waals surface area (Å²) >= 11 is 5.72. The topological polar surface area (TPSA) is 43.4 Å². The molecule has 102 valence electrons. The summed E-state index contributed by atoms with van der Waals surface area (Å²) in [6.07, 6.45) is 0. The molecule has 8 heteroatoms. The van der Waals surface area contributed by atoms with E-state index in [1.807, 2.05) is 0 Å². The van der Waals surface area contributed by atoms with Crippen molar-refractivity contribution in [1.82, 2.24) is 0 Å². The summed E-state index contributed by atoms with van der Waals surface area (Å²) in [7, 11) is -5.70. The van der Waals surface area contributed by atoms with Gasteiger partial charge in [-0.2, -0.15) is 21.6 Å². The van der Waals surface area contributed by atoms with Crippen LogP contribution in [0.5, 0.6) is 5.75 Å². The van der Waals surface area contributed by atoms with Crippen molar-refractivity contribution >= 4 is 32.5 Å². The smallest absolute Gasteiger partial charge is 0.375 e. The van der Waals surface area contributed by atoms with E-state index in [-0.39, 0.29) is 10.4 Å². The fourth-order valence-electron chi connectivity index (χ4n) is 1.45. The van der Waals surface area contributed by atoms with E-state index in [9.17, 15) is 21.6 Å². The third-order valence-corrected chi connectivity index (χ3v) is 3.49. The fourth-order valence-corrected chi connectivity index (χ4v) is 2.10. The molecule has 0 radical (unpaired) electrons. The molecular weight excluding hydrogens is 305 g/mol. The van der Waals surface area contributed by atoms with E-state index in [4.69, 9.17) is 11.6 Å². The molecule has 3 nitrogen and oxygen atoms in total. The van der Waals surface area contributed by atoms with Crippen molar-refractivity contribution < 1.29 is 25.8 Å². The van der Waals surface area contributed by atoms with E-state index in [0.29, 0.717) is 5.39 Å². The predicted octanol–water partition coefficient (Wildman–Crippen LogP) is 3.72. The Bertz CT molecular complexity index is 726. The Kier molecular flexibility index (Phi) is 3.36. The standard InChI is InChI=1S/C11H6ClF3O3S/c12-8-5-4-7-2-1-3-10(9(7)6-8)18-19(16,17)11(13,14)15/h1-6H. The molecule has 2 aromatic carbocycles. The second-order valence-electron chi connectivity index (χ2n) is 3.60. The summed E-state index contributed by atoms with van der Waals surface area (Å²) in [5.74, 6) is -0.419. The van der Waals surface area contributed by atoms with Crippen molar-refractivity contribution in [3.63, 3.8) is 0 Å². The first kappa shape index (κ1) is 14.0. The van der Waals surface area contributed by atoms with E-state index in [1.54, 1.807) is 12.1 Å². The molecule has 0 N–H and O–H groups in total. The highest BCUT2D eigenvalue weighted by Gasteiger charge is 2.48. The summed E-state index contributed by atoms with van der Waals surface area (Å²) in [6, 6.07) is 8.52. The van der Waals surface area contributed by atoms with E-state index in [0.717, 1.165) is 6.07 Å². The van der Waals surface area contributed by atoms with E-state index < -0.39 is 21.4 Å². The van der Waals surface area contributed by atoms with E-state index >= 15 is 0 Å². The zero-order chi connectivity index (χ0) is 14.3. The average Bonchev–Trinajstić information content (AvgIpc) is 2.28. The minimum atomic E-state index is -5.70. The van der Waals surface area contributed by atoms with Crippen LogP contribution >= 0.6 is 11.6 Å². The first-order chi connectivity index (χ1) is 8.71. The van der Waals surface area contributed by atoms with Gasteiger partial charge in [-0.25, -0.2) is 0 Å². The quantitative estimate of drug-likeness (QED) is 0.627. The van der Waals surface area contributed by atoms with Crippen LogP contribution in [0.4, 0.5) is 13.2 Å². The highest BCUT2D eigenvalue weighted by molar-refractivity contribution is 7.88. The van der Waals surface area contributed by atoms with Gasteiger partial charge in [-0.05, 0) is 23.6 Å². The van der Waals surface area contributed by atoms with Crippen molar-refractivity contribution in [3.8, 4) is 5.75 Å². The SMILES string of the molecule is O=S(=O)(Oc1cccc2ccc(Cl)cc12)C(F)(F)F. The van der Waals surface area contributed by atoms with Crippen LogP contribution in [0.25, 0.3) is 10.8 Å². The second-order valence-corrected chi connectivity index (χ2v) is 5.58. The van der Waals surface area contributed by atoms with Crippen LogP contribution in [0.15, 0.2) is 36.4 Å². The van der Waals surface area contributed by atoms with Gasteiger partial charge in [0.2, 0.25) is 0 Å². The molecule has 0 atom stereocenters. The minimum absolute atomic E-state index is 0.183. The number of rotatable bonds is 2. The van der Waals surface area contributed by atoms with Crippen LogP contribution in [-0.2, 0) is 10.1 Å². The minimum Gasteiger partial charge on any atom is -0.375 e. The van der Waals surface area contributed by atoms with Crippen molar-refractivity contribution in [3.05, 3.63) is 41.4 Å². The molecule has 0 aliphatic rings. The molecule has 0 fully saturated rings. The van der Waals surface area contributed by atoms with Crippen molar-refractivity contribution in [1.29, 1.82) is 0 Å². The fraction of sp³-hybridized carbons (Fsp3) is 0.0909. The molecule has 2 rings (SSSR count). The lowest BCUT2D eigenvalue weighted by Gasteiger charge is -2.11. The van der Waals surface area contributed by atoms with Crippen LogP contribution in [0.1, 0.15) is 0 Å². The van der Waals surface area contributed by atoms with Crippen molar-refractivity contribution in [2.24, 2.45) is 0 Å². The Morgan fingerprint density at radius 3 is 2.42 bits per heavy atom. The molecule has 0 saturated carbocycles. The maximum absolute atomic E-state index is 12.3. The molecule has 0 unspecified atom stereocenters. The molecule has 0 aliphatic carbocycles. The molecule has 19 heavy (non-hydrogen) atoms. The van der Waals surface area contributed by atoms with Gasteiger partial charge in [0, 0.05) is 10.4 Å². The van der Waals surface area contributed by atoms with Gasteiger partial charge in [-0.15, -0.1) is 0 Å². The van der Waals surface area contributed by atoms with Crippen LogP contribution in [0, 0.1) is 0 Å². The Balaban J connectivity index is 2.56. The van der Waals surface area contributed by atoms with E-state index in [2.05, 4.69) is 4.18 Å². The molecule has 0 amide bonds. The maximum Gasteiger partial charge on any atom is 0.534 e. The summed E-state index contributed by atoms with van der Waals surface area (Å²) in [4.78, 5) is 0. The highest BCUT2D eigenvalue weighted by Crippen LogP contribution is 2.32. The Morgan fingerprint density at radius 1 is 1.11 bits per heavy atom. The zero-order valence-corrected chi connectivity index (χ0v) is 10.7. The number of halogens is 4. The summed E-state index contributed by atoms with van der Waals surface area (Å²) < 4.78 is 62.8. The number of hydrogen-bond acceptors (Lipinski definition) is 3. The van der Waals surface area contributed by atoms with Gasteiger partial charge in [-0.1, -0.05) is 29.8 Å². The van der Waals surface area contributed by atoms with Crippen molar-refractivity contribution in [2.75, 3.05) is 0 Å². The normalized spacial score (nSPS) is 12.6. The molecule has 0 aliphatic heterocycles. The first-order valence-corrected chi connectivity index (χ1v) is 6.68. The molecule has 0 heterocycles. The number of benzene rings is 2. The Labute approximate surface area is 111 Å². The van der Waals surface area contributed by atoms with Gasteiger partial charge in [-0.3, -0.25) is 0 Å². The summed E-state index contributed by atoms with van der Waals surface area (Å²) in [5, 5.41) is 0.954. The van der Waals surface area contributed by atoms with Gasteiger partial charge in [0.05, 0.1) is 0 Å². The number of alkyl halides is 3. The van der Waals surface area contributed by atoms with Gasteiger partial charge < -0.3 is 4.18 Å². The monoisotopic (exact) mass is 310 g/mol. The van der Waals surface area contributed by atoms with Gasteiger partial charge in [0.15, 0.2) is 5.75 Å². The molecule has 0 aromatic heterocycles. The number of fused-ring (bicyclic) bond motifs is 1. The predicted molar refractivity (Wildman–Crippen MR) is 64.6 cm³/mol. The third kappa shape index (κ3) is 2.76. The van der Waals surface area contributed by atoms with Crippen LogP contribution < -0.4 is 4.18 Å². The maximum atomic E-state index is 12.3. The summed E-state index contributed by atoms with van der Waals surface area (Å²) in [5.41, 5.74) is -5.48. The highest BCUT2D eigenvalue weighted by atomic mass is 35.5. The zero-order valence-electron chi connectivity index (χ0n) is 9.11. The Morgan fingerprint density at radius 2 is 1.79 bits per heavy atom. The second kappa shape index (κ2) is 4.57. The Hall–Kier alpha value is -1.47. The molecule has 0 saturated heterocycles. The van der Waals surface area contributed by atoms with E-state index in [1.165, 1.54) is 18.2 Å². The largest absolute Gasteiger partial charge is 0.534 e. The van der Waals surface area contributed by atoms with Gasteiger partial charge >= 0.3 is 15.6 Å². The van der Waals surface area contributed by atoms with Crippen molar-refractivity contribution in [2.45, 2.75) is 5.51 Å². The summed E-state index contributed by atoms with van der Waals surface area (Å²) in [6.45, 7) is 0. The first-order valence-electron chi connectivity index (χ1n) is 4.90. The lowest BCUT2D eigenvalue weighted by atomic mass is 10.1. The van der Waals surface area contributed by atoms with Gasteiger partial charge in [0.25, 0.3) is 0 Å².